The van der Waals surface area contributed by atoms with Gasteiger partial charge in [-0.05, 0) is 43.0 Å². The number of ether oxygens (including phenoxy) is 1. The third-order valence-electron chi connectivity index (χ3n) is 4.38. The number of para-hydroxylation sites is 3. The highest BCUT2D eigenvalue weighted by Gasteiger charge is 2.26. The summed E-state index contributed by atoms with van der Waals surface area (Å²) in [4.78, 5) is 12.3. The summed E-state index contributed by atoms with van der Waals surface area (Å²) in [5.41, 5.74) is 6.68. The molecule has 2 atom stereocenters. The molecule has 1 aliphatic rings. The van der Waals surface area contributed by atoms with Gasteiger partial charge in [0.15, 0.2) is 5.75 Å². The van der Waals surface area contributed by atoms with Crippen molar-refractivity contribution < 1.29 is 9.53 Å². The molecule has 0 bridgehead atoms. The van der Waals surface area contributed by atoms with E-state index >= 15 is 0 Å². The molecule has 1 aliphatic carbocycles. The Morgan fingerprint density at radius 3 is 2.54 bits per heavy atom. The fraction of sp³-hybridized carbons (Fsp3) is 0.316. The zero-order chi connectivity index (χ0) is 16.9. The Kier molecular flexibility index (Phi) is 5.38. The van der Waals surface area contributed by atoms with Crippen LogP contribution in [0, 0.1) is 5.92 Å². The number of amides is 1. The van der Waals surface area contributed by atoms with Crippen molar-refractivity contribution in [3.8, 4) is 11.5 Å². The van der Waals surface area contributed by atoms with Crippen molar-refractivity contribution >= 4 is 23.2 Å². The van der Waals surface area contributed by atoms with E-state index in [4.69, 9.17) is 22.1 Å². The minimum atomic E-state index is -0.0347. The normalized spacial score (nSPS) is 19.9. The molecule has 5 heteroatoms. The Hall–Kier alpha value is -2.04. The largest absolute Gasteiger partial charge is 0.454 e. The van der Waals surface area contributed by atoms with Crippen LogP contribution in [0.25, 0.3) is 0 Å². The molecule has 0 radical (unpaired) electrons. The van der Waals surface area contributed by atoms with Crippen molar-refractivity contribution in [3.05, 3.63) is 53.6 Å². The minimum absolute atomic E-state index is 0.0347. The van der Waals surface area contributed by atoms with Crippen molar-refractivity contribution in [1.29, 1.82) is 0 Å². The molecular weight excluding hydrogens is 324 g/mol. The third kappa shape index (κ3) is 4.08. The zero-order valence-electron chi connectivity index (χ0n) is 13.4. The smallest absolute Gasteiger partial charge is 0.224 e. The molecule has 4 nitrogen and oxygen atoms in total. The number of nitrogens with two attached hydrogens (primary N) is 1. The lowest BCUT2D eigenvalue weighted by atomic mass is 10.00. The maximum atomic E-state index is 12.3. The van der Waals surface area contributed by atoms with Gasteiger partial charge in [0.05, 0.1) is 10.7 Å². The molecule has 2 aromatic rings. The molecule has 3 rings (SSSR count). The van der Waals surface area contributed by atoms with Crippen LogP contribution >= 0.6 is 11.6 Å². The van der Waals surface area contributed by atoms with E-state index in [1.54, 1.807) is 18.2 Å². The fourth-order valence-electron chi connectivity index (χ4n) is 3.06. The Balaban J connectivity index is 1.70. The van der Waals surface area contributed by atoms with E-state index in [9.17, 15) is 4.79 Å². The van der Waals surface area contributed by atoms with Gasteiger partial charge in [0.1, 0.15) is 5.75 Å². The summed E-state index contributed by atoms with van der Waals surface area (Å²) in [5.74, 6) is 1.35. The Bertz CT molecular complexity index is 720. The lowest BCUT2D eigenvalue weighted by Gasteiger charge is -2.16. The summed E-state index contributed by atoms with van der Waals surface area (Å²) in [6, 6.07) is 14.7. The number of anilines is 1. The van der Waals surface area contributed by atoms with Gasteiger partial charge in [0.2, 0.25) is 5.91 Å². The second-order valence-corrected chi connectivity index (χ2v) is 6.54. The van der Waals surface area contributed by atoms with Gasteiger partial charge in [-0.3, -0.25) is 4.79 Å². The summed E-state index contributed by atoms with van der Waals surface area (Å²) < 4.78 is 5.86. The van der Waals surface area contributed by atoms with Gasteiger partial charge in [-0.25, -0.2) is 0 Å². The van der Waals surface area contributed by atoms with E-state index in [0.717, 1.165) is 19.3 Å². The van der Waals surface area contributed by atoms with Crippen LogP contribution in [0.5, 0.6) is 11.5 Å². The van der Waals surface area contributed by atoms with Crippen molar-refractivity contribution in [2.45, 2.75) is 31.7 Å². The molecule has 0 saturated heterocycles. The molecule has 2 aromatic carbocycles. The lowest BCUT2D eigenvalue weighted by molar-refractivity contribution is -0.117. The quantitative estimate of drug-likeness (QED) is 0.833. The Labute approximate surface area is 147 Å². The van der Waals surface area contributed by atoms with Crippen molar-refractivity contribution in [3.63, 3.8) is 0 Å². The number of hydrogen-bond acceptors (Lipinski definition) is 3. The summed E-state index contributed by atoms with van der Waals surface area (Å²) in [5, 5.41) is 3.46. The van der Waals surface area contributed by atoms with E-state index < -0.39 is 0 Å². The molecule has 0 spiro atoms. The van der Waals surface area contributed by atoms with Gasteiger partial charge >= 0.3 is 0 Å². The van der Waals surface area contributed by atoms with Crippen LogP contribution in [0.4, 0.5) is 5.69 Å². The summed E-state index contributed by atoms with van der Waals surface area (Å²) in [6.45, 7) is 0. The van der Waals surface area contributed by atoms with E-state index in [2.05, 4.69) is 5.32 Å². The molecule has 0 aromatic heterocycles. The highest BCUT2D eigenvalue weighted by molar-refractivity contribution is 6.32. The first-order valence-electron chi connectivity index (χ1n) is 8.20. The number of benzene rings is 2. The second-order valence-electron chi connectivity index (χ2n) is 6.14. The molecule has 126 valence electrons. The number of hydrogen-bond donors (Lipinski definition) is 2. The number of nitrogens with one attached hydrogen (secondary N) is 1. The van der Waals surface area contributed by atoms with Gasteiger partial charge in [0, 0.05) is 12.5 Å². The standard InChI is InChI=1S/C19H21ClN2O2/c20-14-7-1-3-10-17(14)24-18-11-4-2-9-16(18)22-19(23)12-13-6-5-8-15(13)21/h1-4,7,9-11,13,15H,5-6,8,12,21H2,(H,22,23)/t13-,15+/m0/s1. The number of carbonyl (C=O) groups is 1. The molecule has 0 aliphatic heterocycles. The SMILES string of the molecule is N[C@@H]1CCC[C@H]1CC(=O)Nc1ccccc1Oc1ccccc1Cl. The molecule has 1 fully saturated rings. The van der Waals surface area contributed by atoms with E-state index in [0.29, 0.717) is 28.6 Å². The number of halogens is 1. The predicted octanol–water partition coefficient (Wildman–Crippen LogP) is 4.59. The van der Waals surface area contributed by atoms with Crippen LogP contribution in [-0.4, -0.2) is 11.9 Å². The third-order valence-corrected chi connectivity index (χ3v) is 4.70. The Morgan fingerprint density at radius 1 is 1.12 bits per heavy atom. The van der Waals surface area contributed by atoms with Crippen molar-refractivity contribution in [1.82, 2.24) is 0 Å². The van der Waals surface area contributed by atoms with Gasteiger partial charge < -0.3 is 15.8 Å². The highest BCUT2D eigenvalue weighted by Crippen LogP contribution is 2.34. The first-order valence-corrected chi connectivity index (χ1v) is 8.58. The van der Waals surface area contributed by atoms with Crippen LogP contribution < -0.4 is 15.8 Å². The average molecular weight is 345 g/mol. The monoisotopic (exact) mass is 344 g/mol. The molecule has 3 N–H and O–H groups in total. The number of carbonyl (C=O) groups excluding carboxylic acids is 1. The molecule has 1 saturated carbocycles. The van der Waals surface area contributed by atoms with Gasteiger partial charge in [-0.2, -0.15) is 0 Å². The predicted molar refractivity (Wildman–Crippen MR) is 96.5 cm³/mol. The van der Waals surface area contributed by atoms with Crippen LogP contribution in [0.2, 0.25) is 5.02 Å². The van der Waals surface area contributed by atoms with Gasteiger partial charge in [-0.15, -0.1) is 0 Å². The molecular formula is C19H21ClN2O2. The topological polar surface area (TPSA) is 64.4 Å². The minimum Gasteiger partial charge on any atom is -0.454 e. The molecule has 1 amide bonds. The van der Waals surface area contributed by atoms with E-state index in [1.807, 2.05) is 30.3 Å². The van der Waals surface area contributed by atoms with E-state index in [1.165, 1.54) is 0 Å². The van der Waals surface area contributed by atoms with Crippen LogP contribution in [-0.2, 0) is 4.79 Å². The number of rotatable bonds is 5. The van der Waals surface area contributed by atoms with Crippen LogP contribution in [0.15, 0.2) is 48.5 Å². The van der Waals surface area contributed by atoms with Crippen molar-refractivity contribution in [2.75, 3.05) is 5.32 Å². The average Bonchev–Trinajstić information content (AvgIpc) is 2.96. The maximum absolute atomic E-state index is 12.3. The van der Waals surface area contributed by atoms with Crippen LogP contribution in [0.3, 0.4) is 0 Å². The molecule has 24 heavy (non-hydrogen) atoms. The maximum Gasteiger partial charge on any atom is 0.224 e. The molecule has 0 heterocycles. The zero-order valence-corrected chi connectivity index (χ0v) is 14.1. The lowest BCUT2D eigenvalue weighted by Crippen LogP contribution is -2.28. The first-order chi connectivity index (χ1) is 11.6. The summed E-state index contributed by atoms with van der Waals surface area (Å²) in [7, 11) is 0. The summed E-state index contributed by atoms with van der Waals surface area (Å²) in [6.07, 6.45) is 3.57. The van der Waals surface area contributed by atoms with Crippen LogP contribution in [0.1, 0.15) is 25.7 Å². The van der Waals surface area contributed by atoms with E-state index in [-0.39, 0.29) is 17.9 Å². The van der Waals surface area contributed by atoms with Gasteiger partial charge in [0.25, 0.3) is 0 Å². The highest BCUT2D eigenvalue weighted by atomic mass is 35.5. The second kappa shape index (κ2) is 7.69. The first kappa shape index (κ1) is 16.8. The molecule has 0 unspecified atom stereocenters. The van der Waals surface area contributed by atoms with Crippen molar-refractivity contribution in [2.24, 2.45) is 11.7 Å². The summed E-state index contributed by atoms with van der Waals surface area (Å²) >= 11 is 6.14. The Morgan fingerprint density at radius 2 is 1.83 bits per heavy atom. The van der Waals surface area contributed by atoms with Gasteiger partial charge in [-0.1, -0.05) is 42.3 Å². The fourth-order valence-corrected chi connectivity index (χ4v) is 3.24.